The molecule has 0 spiro atoms. The Labute approximate surface area is 158 Å². The van der Waals surface area contributed by atoms with Crippen LogP contribution in [0, 0.1) is 0 Å². The van der Waals surface area contributed by atoms with Crippen LogP contribution in [0.5, 0.6) is 5.75 Å². The SMILES string of the molecule is CC(=O)Nc1ccc(S(=O)(=O)NCCOc2ccc3ccccc3c2)cc1. The number of amides is 1. The smallest absolute Gasteiger partial charge is 0.240 e. The lowest BCUT2D eigenvalue weighted by molar-refractivity contribution is -0.114. The van der Waals surface area contributed by atoms with Gasteiger partial charge in [-0.1, -0.05) is 30.3 Å². The lowest BCUT2D eigenvalue weighted by Crippen LogP contribution is -2.28. The van der Waals surface area contributed by atoms with Gasteiger partial charge >= 0.3 is 0 Å². The molecule has 3 aromatic carbocycles. The van der Waals surface area contributed by atoms with Crippen LogP contribution in [0.1, 0.15) is 6.92 Å². The van der Waals surface area contributed by atoms with Crippen LogP contribution in [-0.4, -0.2) is 27.5 Å². The van der Waals surface area contributed by atoms with Crippen molar-refractivity contribution in [1.29, 1.82) is 0 Å². The summed E-state index contributed by atoms with van der Waals surface area (Å²) in [5, 5.41) is 4.78. The molecule has 3 aromatic rings. The number of benzene rings is 3. The molecule has 6 nitrogen and oxygen atoms in total. The molecule has 0 bridgehead atoms. The summed E-state index contributed by atoms with van der Waals surface area (Å²) in [5.41, 5.74) is 0.543. The van der Waals surface area contributed by atoms with Gasteiger partial charge in [-0.3, -0.25) is 4.79 Å². The minimum Gasteiger partial charge on any atom is -0.492 e. The number of hydrogen-bond acceptors (Lipinski definition) is 4. The molecule has 0 aromatic heterocycles. The summed E-state index contributed by atoms with van der Waals surface area (Å²) in [6.07, 6.45) is 0. The van der Waals surface area contributed by atoms with Gasteiger partial charge in [0.15, 0.2) is 0 Å². The number of carbonyl (C=O) groups is 1. The van der Waals surface area contributed by atoms with Gasteiger partial charge in [-0.05, 0) is 47.2 Å². The van der Waals surface area contributed by atoms with Crippen molar-refractivity contribution in [3.8, 4) is 5.75 Å². The quantitative estimate of drug-likeness (QED) is 0.613. The van der Waals surface area contributed by atoms with Crippen molar-refractivity contribution < 1.29 is 17.9 Å². The van der Waals surface area contributed by atoms with Crippen LogP contribution >= 0.6 is 0 Å². The van der Waals surface area contributed by atoms with E-state index in [-0.39, 0.29) is 24.0 Å². The van der Waals surface area contributed by atoms with Crippen molar-refractivity contribution >= 4 is 32.4 Å². The number of ether oxygens (including phenoxy) is 1. The Morgan fingerprint density at radius 3 is 2.37 bits per heavy atom. The average Bonchev–Trinajstić information content (AvgIpc) is 2.65. The predicted octanol–water partition coefficient (Wildman–Crippen LogP) is 3.16. The molecular formula is C20H20N2O4S. The Morgan fingerprint density at radius 1 is 0.963 bits per heavy atom. The van der Waals surface area contributed by atoms with Crippen molar-refractivity contribution in [2.45, 2.75) is 11.8 Å². The molecule has 2 N–H and O–H groups in total. The maximum Gasteiger partial charge on any atom is 0.240 e. The normalized spacial score (nSPS) is 11.3. The first kappa shape index (κ1) is 18.9. The molecule has 3 rings (SSSR count). The van der Waals surface area contributed by atoms with Gasteiger partial charge in [0.25, 0.3) is 0 Å². The third-order valence-corrected chi connectivity index (χ3v) is 5.35. The maximum absolute atomic E-state index is 12.3. The summed E-state index contributed by atoms with van der Waals surface area (Å²) >= 11 is 0. The van der Waals surface area contributed by atoms with Crippen LogP contribution in [-0.2, 0) is 14.8 Å². The molecule has 0 fully saturated rings. The molecule has 0 atom stereocenters. The van der Waals surface area contributed by atoms with E-state index in [1.165, 1.54) is 19.1 Å². The standard InChI is InChI=1S/C20H20N2O4S/c1-15(23)22-18-7-10-20(11-8-18)27(24,25)21-12-13-26-19-9-6-16-4-2-3-5-17(16)14-19/h2-11,14,21H,12-13H2,1H3,(H,22,23). The Hall–Kier alpha value is -2.90. The molecule has 0 heterocycles. The average molecular weight is 384 g/mol. The fourth-order valence-corrected chi connectivity index (χ4v) is 3.62. The summed E-state index contributed by atoms with van der Waals surface area (Å²) in [7, 11) is -3.64. The first-order valence-corrected chi connectivity index (χ1v) is 9.91. The highest BCUT2D eigenvalue weighted by Gasteiger charge is 2.13. The van der Waals surface area contributed by atoms with Crippen molar-refractivity contribution in [1.82, 2.24) is 4.72 Å². The van der Waals surface area contributed by atoms with Crippen LogP contribution in [0.15, 0.2) is 71.6 Å². The molecule has 0 saturated carbocycles. The van der Waals surface area contributed by atoms with Crippen molar-refractivity contribution in [3.05, 3.63) is 66.7 Å². The summed E-state index contributed by atoms with van der Waals surface area (Å²) in [6.45, 7) is 1.74. The minimum atomic E-state index is -3.64. The largest absolute Gasteiger partial charge is 0.492 e. The summed E-state index contributed by atoms with van der Waals surface area (Å²) in [4.78, 5) is 11.1. The first-order valence-electron chi connectivity index (χ1n) is 8.43. The molecule has 0 saturated heterocycles. The topological polar surface area (TPSA) is 84.5 Å². The second-order valence-electron chi connectivity index (χ2n) is 5.96. The zero-order valence-electron chi connectivity index (χ0n) is 14.8. The fraction of sp³-hybridized carbons (Fsp3) is 0.150. The van der Waals surface area contributed by atoms with E-state index in [0.29, 0.717) is 11.4 Å². The number of carbonyl (C=O) groups excluding carboxylic acids is 1. The van der Waals surface area contributed by atoms with Crippen LogP contribution in [0.3, 0.4) is 0 Å². The monoisotopic (exact) mass is 384 g/mol. The zero-order valence-corrected chi connectivity index (χ0v) is 15.6. The van der Waals surface area contributed by atoms with Gasteiger partial charge < -0.3 is 10.1 Å². The third kappa shape index (κ3) is 5.06. The molecule has 7 heteroatoms. The fourth-order valence-electron chi connectivity index (χ4n) is 2.61. The highest BCUT2D eigenvalue weighted by molar-refractivity contribution is 7.89. The van der Waals surface area contributed by atoms with E-state index < -0.39 is 10.0 Å². The first-order chi connectivity index (χ1) is 12.9. The van der Waals surface area contributed by atoms with Gasteiger partial charge in [0.05, 0.1) is 4.90 Å². The van der Waals surface area contributed by atoms with E-state index in [0.717, 1.165) is 10.8 Å². The van der Waals surface area contributed by atoms with E-state index in [1.807, 2.05) is 42.5 Å². The van der Waals surface area contributed by atoms with Gasteiger partial charge in [-0.15, -0.1) is 0 Å². The second-order valence-corrected chi connectivity index (χ2v) is 7.73. The van der Waals surface area contributed by atoms with E-state index in [1.54, 1.807) is 12.1 Å². The highest BCUT2D eigenvalue weighted by Crippen LogP contribution is 2.20. The van der Waals surface area contributed by atoms with Crippen LogP contribution < -0.4 is 14.8 Å². The summed E-state index contributed by atoms with van der Waals surface area (Å²) in [6, 6.07) is 19.7. The molecule has 1 amide bonds. The molecule has 27 heavy (non-hydrogen) atoms. The van der Waals surface area contributed by atoms with Gasteiger partial charge in [-0.25, -0.2) is 13.1 Å². The Balaban J connectivity index is 1.54. The van der Waals surface area contributed by atoms with E-state index in [9.17, 15) is 13.2 Å². The van der Waals surface area contributed by atoms with Gasteiger partial charge in [0, 0.05) is 19.2 Å². The Bertz CT molecular complexity index is 1050. The second kappa shape index (κ2) is 8.20. The zero-order chi connectivity index (χ0) is 19.3. The lowest BCUT2D eigenvalue weighted by atomic mass is 10.1. The third-order valence-electron chi connectivity index (χ3n) is 3.87. The van der Waals surface area contributed by atoms with Crippen LogP contribution in [0.25, 0.3) is 10.8 Å². The predicted molar refractivity (Wildman–Crippen MR) is 105 cm³/mol. The molecule has 0 aliphatic heterocycles. The number of rotatable bonds is 7. The van der Waals surface area contributed by atoms with Crippen LogP contribution in [0.4, 0.5) is 5.69 Å². The van der Waals surface area contributed by atoms with E-state index in [2.05, 4.69) is 10.0 Å². The lowest BCUT2D eigenvalue weighted by Gasteiger charge is -2.10. The van der Waals surface area contributed by atoms with Crippen molar-refractivity contribution in [3.63, 3.8) is 0 Å². The van der Waals surface area contributed by atoms with Gasteiger partial charge in [-0.2, -0.15) is 0 Å². The highest BCUT2D eigenvalue weighted by atomic mass is 32.2. The van der Waals surface area contributed by atoms with Crippen molar-refractivity contribution in [2.75, 3.05) is 18.5 Å². The Morgan fingerprint density at radius 2 is 1.67 bits per heavy atom. The minimum absolute atomic E-state index is 0.127. The molecule has 0 aliphatic rings. The number of sulfonamides is 1. The number of hydrogen-bond donors (Lipinski definition) is 2. The summed E-state index contributed by atoms with van der Waals surface area (Å²) < 4.78 is 32.7. The van der Waals surface area contributed by atoms with Crippen LogP contribution in [0.2, 0.25) is 0 Å². The maximum atomic E-state index is 12.3. The number of fused-ring (bicyclic) bond motifs is 1. The molecule has 0 aliphatic carbocycles. The molecule has 140 valence electrons. The molecule has 0 radical (unpaired) electrons. The van der Waals surface area contributed by atoms with E-state index in [4.69, 9.17) is 4.74 Å². The Kier molecular flexibility index (Phi) is 5.73. The summed E-state index contributed by atoms with van der Waals surface area (Å²) in [5.74, 6) is 0.474. The number of anilines is 1. The van der Waals surface area contributed by atoms with Crippen molar-refractivity contribution in [2.24, 2.45) is 0 Å². The van der Waals surface area contributed by atoms with Gasteiger partial charge in [0.2, 0.25) is 15.9 Å². The van der Waals surface area contributed by atoms with Gasteiger partial charge in [0.1, 0.15) is 12.4 Å². The molecule has 0 unspecified atom stereocenters. The number of nitrogens with one attached hydrogen (secondary N) is 2. The van der Waals surface area contributed by atoms with E-state index >= 15 is 0 Å². The molecular weight excluding hydrogens is 364 g/mol.